The number of nitrogens with zero attached hydrogens (tertiary/aromatic N) is 3. The first kappa shape index (κ1) is 10.8. The predicted octanol–water partition coefficient (Wildman–Crippen LogP) is 2.48. The maximum Gasteiger partial charge on any atom is 0.433 e. The Kier molecular flexibility index (Phi) is 2.27. The van der Waals surface area contributed by atoms with E-state index < -0.39 is 11.9 Å². The number of fused-ring (bicyclic) bond motifs is 2. The minimum atomic E-state index is -4.39. The molecule has 2 atom stereocenters. The van der Waals surface area contributed by atoms with Crippen LogP contribution < -0.4 is 4.90 Å². The first-order chi connectivity index (χ1) is 8.04. The lowest BCUT2D eigenvalue weighted by Gasteiger charge is -2.27. The van der Waals surface area contributed by atoms with Crippen molar-refractivity contribution in [2.45, 2.75) is 31.5 Å². The zero-order valence-electron chi connectivity index (χ0n) is 9.11. The molecule has 0 amide bonds. The fourth-order valence-electron chi connectivity index (χ4n) is 2.81. The second-order valence-corrected chi connectivity index (χ2v) is 4.72. The lowest BCUT2D eigenvalue weighted by Crippen LogP contribution is -2.33. The molecule has 0 aromatic carbocycles. The SMILES string of the molecule is FC(F)(F)c1ccnc(N2CC3CCC2C3)n1. The van der Waals surface area contributed by atoms with Gasteiger partial charge in [0.25, 0.3) is 0 Å². The lowest BCUT2D eigenvalue weighted by atomic mass is 10.1. The molecular weight excluding hydrogens is 231 g/mol. The predicted molar refractivity (Wildman–Crippen MR) is 55.5 cm³/mol. The summed E-state index contributed by atoms with van der Waals surface area (Å²) in [5.74, 6) is 0.838. The largest absolute Gasteiger partial charge is 0.433 e. The van der Waals surface area contributed by atoms with Gasteiger partial charge in [0.15, 0.2) is 0 Å². The van der Waals surface area contributed by atoms with Gasteiger partial charge in [-0.25, -0.2) is 9.97 Å². The van der Waals surface area contributed by atoms with Crippen molar-refractivity contribution in [1.29, 1.82) is 0 Å². The van der Waals surface area contributed by atoms with Gasteiger partial charge in [-0.15, -0.1) is 0 Å². The number of hydrogen-bond donors (Lipinski definition) is 0. The van der Waals surface area contributed by atoms with E-state index in [4.69, 9.17) is 0 Å². The zero-order chi connectivity index (χ0) is 12.0. The maximum atomic E-state index is 12.5. The first-order valence-electron chi connectivity index (χ1n) is 5.71. The second-order valence-electron chi connectivity index (χ2n) is 4.72. The number of piperidine rings is 1. The van der Waals surface area contributed by atoms with E-state index in [1.54, 1.807) is 0 Å². The number of anilines is 1. The molecule has 1 aliphatic carbocycles. The smallest absolute Gasteiger partial charge is 0.338 e. The molecule has 92 valence electrons. The Morgan fingerprint density at radius 2 is 2.12 bits per heavy atom. The number of hydrogen-bond acceptors (Lipinski definition) is 3. The van der Waals surface area contributed by atoms with E-state index in [-0.39, 0.29) is 5.95 Å². The van der Waals surface area contributed by atoms with Crippen molar-refractivity contribution < 1.29 is 13.2 Å². The summed E-state index contributed by atoms with van der Waals surface area (Å²) in [4.78, 5) is 9.52. The summed E-state index contributed by atoms with van der Waals surface area (Å²) in [5, 5.41) is 0. The average Bonchev–Trinajstić information content (AvgIpc) is 2.89. The van der Waals surface area contributed by atoms with E-state index in [9.17, 15) is 13.2 Å². The van der Waals surface area contributed by atoms with E-state index in [0.717, 1.165) is 25.5 Å². The minimum Gasteiger partial charge on any atom is -0.338 e. The molecule has 6 heteroatoms. The fourth-order valence-corrected chi connectivity index (χ4v) is 2.81. The van der Waals surface area contributed by atoms with E-state index >= 15 is 0 Å². The highest BCUT2D eigenvalue weighted by Crippen LogP contribution is 2.39. The molecule has 0 radical (unpaired) electrons. The van der Waals surface area contributed by atoms with Crippen LogP contribution in [0.2, 0.25) is 0 Å². The summed E-state index contributed by atoms with van der Waals surface area (Å²) in [5.41, 5.74) is -0.856. The number of aromatic nitrogens is 2. The Balaban J connectivity index is 1.89. The molecule has 2 fully saturated rings. The second kappa shape index (κ2) is 3.58. The Morgan fingerprint density at radius 1 is 1.29 bits per heavy atom. The quantitative estimate of drug-likeness (QED) is 0.758. The van der Waals surface area contributed by atoms with Crippen LogP contribution in [0.4, 0.5) is 19.1 Å². The Hall–Kier alpha value is -1.33. The Bertz CT molecular complexity index is 432. The summed E-state index contributed by atoms with van der Waals surface area (Å²) in [6, 6.07) is 1.25. The maximum absolute atomic E-state index is 12.5. The fraction of sp³-hybridized carbons (Fsp3) is 0.636. The van der Waals surface area contributed by atoms with Gasteiger partial charge in [-0.1, -0.05) is 0 Å². The van der Waals surface area contributed by atoms with E-state index in [1.807, 2.05) is 4.90 Å². The monoisotopic (exact) mass is 243 g/mol. The van der Waals surface area contributed by atoms with Crippen molar-refractivity contribution in [1.82, 2.24) is 9.97 Å². The summed E-state index contributed by atoms with van der Waals surface area (Å²) >= 11 is 0. The molecule has 17 heavy (non-hydrogen) atoms. The first-order valence-corrected chi connectivity index (χ1v) is 5.71. The third-order valence-corrected chi connectivity index (χ3v) is 3.60. The van der Waals surface area contributed by atoms with Gasteiger partial charge in [-0.3, -0.25) is 0 Å². The normalized spacial score (nSPS) is 27.8. The average molecular weight is 243 g/mol. The third-order valence-electron chi connectivity index (χ3n) is 3.60. The Labute approximate surface area is 96.7 Å². The highest BCUT2D eigenvalue weighted by molar-refractivity contribution is 5.36. The molecule has 2 bridgehead atoms. The van der Waals surface area contributed by atoms with Crippen LogP contribution in [0.5, 0.6) is 0 Å². The minimum absolute atomic E-state index is 0.229. The zero-order valence-corrected chi connectivity index (χ0v) is 9.11. The van der Waals surface area contributed by atoms with Crippen LogP contribution >= 0.6 is 0 Å². The molecule has 2 heterocycles. The van der Waals surface area contributed by atoms with Crippen LogP contribution in [-0.4, -0.2) is 22.6 Å². The van der Waals surface area contributed by atoms with E-state index in [1.165, 1.54) is 12.6 Å². The summed E-state index contributed by atoms with van der Waals surface area (Å²) < 4.78 is 37.6. The molecule has 2 unspecified atom stereocenters. The molecule has 1 aromatic rings. The molecule has 3 nitrogen and oxygen atoms in total. The van der Waals surface area contributed by atoms with Crippen molar-refractivity contribution in [3.63, 3.8) is 0 Å². The van der Waals surface area contributed by atoms with Crippen molar-refractivity contribution in [3.8, 4) is 0 Å². The van der Waals surface area contributed by atoms with Crippen LogP contribution in [0, 0.1) is 5.92 Å². The molecule has 1 saturated heterocycles. The molecule has 0 spiro atoms. The summed E-state index contributed by atoms with van der Waals surface area (Å²) in [7, 11) is 0. The molecule has 1 aromatic heterocycles. The number of alkyl halides is 3. The van der Waals surface area contributed by atoms with Gasteiger partial charge in [0.2, 0.25) is 5.95 Å². The number of rotatable bonds is 1. The van der Waals surface area contributed by atoms with Crippen LogP contribution in [-0.2, 0) is 6.18 Å². The molecule has 3 rings (SSSR count). The third kappa shape index (κ3) is 1.85. The van der Waals surface area contributed by atoms with Crippen LogP contribution in [0.25, 0.3) is 0 Å². The molecule has 1 aliphatic heterocycles. The van der Waals surface area contributed by atoms with Crippen molar-refractivity contribution in [2.24, 2.45) is 5.92 Å². The van der Waals surface area contributed by atoms with Crippen molar-refractivity contribution >= 4 is 5.95 Å². The standard InChI is InChI=1S/C11H12F3N3/c12-11(13,14)9-3-4-15-10(16-9)17-6-7-1-2-8(17)5-7/h3-4,7-8H,1-2,5-6H2. The summed E-state index contributed by atoms with van der Waals surface area (Å²) in [6.07, 6.45) is 0.0948. The molecule has 0 N–H and O–H groups in total. The summed E-state index contributed by atoms with van der Waals surface area (Å²) in [6.45, 7) is 0.798. The van der Waals surface area contributed by atoms with Gasteiger partial charge >= 0.3 is 6.18 Å². The van der Waals surface area contributed by atoms with Gasteiger partial charge in [0.05, 0.1) is 0 Å². The van der Waals surface area contributed by atoms with Gasteiger partial charge in [0.1, 0.15) is 5.69 Å². The van der Waals surface area contributed by atoms with Crippen molar-refractivity contribution in [2.75, 3.05) is 11.4 Å². The van der Waals surface area contributed by atoms with Crippen LogP contribution in [0.3, 0.4) is 0 Å². The van der Waals surface area contributed by atoms with E-state index in [0.29, 0.717) is 12.0 Å². The van der Waals surface area contributed by atoms with Gasteiger partial charge in [-0.05, 0) is 31.2 Å². The van der Waals surface area contributed by atoms with Crippen LogP contribution in [0.1, 0.15) is 25.0 Å². The van der Waals surface area contributed by atoms with Gasteiger partial charge < -0.3 is 4.90 Å². The van der Waals surface area contributed by atoms with Gasteiger partial charge in [-0.2, -0.15) is 13.2 Å². The molecular formula is C11H12F3N3. The highest BCUT2D eigenvalue weighted by atomic mass is 19.4. The Morgan fingerprint density at radius 3 is 2.71 bits per heavy atom. The van der Waals surface area contributed by atoms with Crippen molar-refractivity contribution in [3.05, 3.63) is 18.0 Å². The highest BCUT2D eigenvalue weighted by Gasteiger charge is 2.40. The molecule has 2 aliphatic rings. The van der Waals surface area contributed by atoms with Gasteiger partial charge in [0, 0.05) is 18.8 Å². The van der Waals surface area contributed by atoms with Crippen LogP contribution in [0.15, 0.2) is 12.3 Å². The van der Waals surface area contributed by atoms with E-state index in [2.05, 4.69) is 9.97 Å². The topological polar surface area (TPSA) is 29.0 Å². The molecule has 1 saturated carbocycles. The lowest BCUT2D eigenvalue weighted by molar-refractivity contribution is -0.141. The number of halogens is 3.